The molecule has 76 valence electrons. The fourth-order valence-electron chi connectivity index (χ4n) is 0.619. The van der Waals surface area contributed by atoms with Gasteiger partial charge in [0.2, 0.25) is 6.20 Å². The van der Waals surface area contributed by atoms with Crippen molar-refractivity contribution in [1.82, 2.24) is 0 Å². The molecule has 0 aromatic rings. The van der Waals surface area contributed by atoms with E-state index in [0.717, 1.165) is 5.82 Å². The molecular weight excluding hydrogens is 197 g/mol. The van der Waals surface area contributed by atoms with Gasteiger partial charge in [-0.25, -0.2) is 0 Å². The average molecular weight is 209 g/mol. The molecule has 6 nitrogen and oxygen atoms in total. The van der Waals surface area contributed by atoms with Crippen molar-refractivity contribution in [2.75, 3.05) is 13.2 Å². The first-order valence-corrected chi connectivity index (χ1v) is 5.37. The van der Waals surface area contributed by atoms with Crippen LogP contribution in [0, 0.1) is 10.1 Å². The van der Waals surface area contributed by atoms with Crippen LogP contribution >= 0.6 is 7.60 Å². The highest BCUT2D eigenvalue weighted by Crippen LogP contribution is 2.49. The van der Waals surface area contributed by atoms with Crippen molar-refractivity contribution in [3.63, 3.8) is 0 Å². The van der Waals surface area contributed by atoms with E-state index in [1.54, 1.807) is 13.8 Å². The quantitative estimate of drug-likeness (QED) is 0.379. The van der Waals surface area contributed by atoms with E-state index in [4.69, 9.17) is 9.05 Å². The second kappa shape index (κ2) is 5.85. The van der Waals surface area contributed by atoms with E-state index in [2.05, 4.69) is 0 Å². The molecule has 0 heterocycles. The molecule has 0 amide bonds. The lowest BCUT2D eigenvalue weighted by Gasteiger charge is -2.10. The second-order valence-electron chi connectivity index (χ2n) is 1.96. The smallest absolute Gasteiger partial charge is 0.306 e. The summed E-state index contributed by atoms with van der Waals surface area (Å²) in [6.45, 7) is 3.62. The summed E-state index contributed by atoms with van der Waals surface area (Å²) in [4.78, 5) is 9.22. The third-order valence-corrected chi connectivity index (χ3v) is 2.72. The second-order valence-corrected chi connectivity index (χ2v) is 3.85. The molecule has 0 aliphatic heterocycles. The van der Waals surface area contributed by atoms with Gasteiger partial charge in [-0.15, -0.1) is 0 Å². The molecule has 0 aromatic heterocycles. The normalized spacial score (nSPS) is 12.2. The Kier molecular flexibility index (Phi) is 5.53. The summed E-state index contributed by atoms with van der Waals surface area (Å²) in [7, 11) is -3.40. The van der Waals surface area contributed by atoms with Crippen molar-refractivity contribution < 1.29 is 18.5 Å². The number of nitrogens with zero attached hydrogens (tertiary/aromatic N) is 1. The average Bonchev–Trinajstić information content (AvgIpc) is 2.02. The molecule has 0 unspecified atom stereocenters. The topological polar surface area (TPSA) is 78.7 Å². The monoisotopic (exact) mass is 209 g/mol. The minimum Gasteiger partial charge on any atom is -0.306 e. The van der Waals surface area contributed by atoms with Crippen LogP contribution in [0.4, 0.5) is 0 Å². The SMILES string of the molecule is CCOP(=O)(C=C[N+](=O)[O-])OCC. The van der Waals surface area contributed by atoms with E-state index in [1.807, 2.05) is 0 Å². The van der Waals surface area contributed by atoms with Gasteiger partial charge in [0.25, 0.3) is 0 Å². The summed E-state index contributed by atoms with van der Waals surface area (Å²) in [6, 6.07) is 0. The van der Waals surface area contributed by atoms with Crippen LogP contribution < -0.4 is 0 Å². The Hall–Kier alpha value is -0.710. The minimum absolute atomic E-state index is 0.180. The Morgan fingerprint density at radius 1 is 1.38 bits per heavy atom. The molecule has 0 spiro atoms. The number of nitro groups is 1. The van der Waals surface area contributed by atoms with Gasteiger partial charge in [-0.2, -0.15) is 0 Å². The van der Waals surface area contributed by atoms with Crippen LogP contribution in [0.1, 0.15) is 13.8 Å². The summed E-state index contributed by atoms with van der Waals surface area (Å²) in [5.41, 5.74) is 0. The van der Waals surface area contributed by atoms with E-state index in [9.17, 15) is 14.7 Å². The summed E-state index contributed by atoms with van der Waals surface area (Å²) in [5.74, 6) is 0.847. The number of hydrogen-bond acceptors (Lipinski definition) is 5. The number of rotatable bonds is 6. The van der Waals surface area contributed by atoms with Crippen molar-refractivity contribution in [3.8, 4) is 0 Å². The Morgan fingerprint density at radius 3 is 2.15 bits per heavy atom. The van der Waals surface area contributed by atoms with E-state index in [1.165, 1.54) is 0 Å². The number of hydrogen-bond donors (Lipinski definition) is 0. The third kappa shape index (κ3) is 5.52. The van der Waals surface area contributed by atoms with Crippen molar-refractivity contribution in [3.05, 3.63) is 22.1 Å². The Labute approximate surface area is 76.2 Å². The summed E-state index contributed by atoms with van der Waals surface area (Å²) < 4.78 is 21.0. The van der Waals surface area contributed by atoms with E-state index in [0.29, 0.717) is 6.20 Å². The van der Waals surface area contributed by atoms with Crippen LogP contribution in [0.25, 0.3) is 0 Å². The highest BCUT2D eigenvalue weighted by Gasteiger charge is 2.20. The molecule has 0 atom stereocenters. The van der Waals surface area contributed by atoms with Crippen LogP contribution in [-0.4, -0.2) is 18.1 Å². The van der Waals surface area contributed by atoms with Crippen LogP contribution in [0.15, 0.2) is 12.0 Å². The summed E-state index contributed by atoms with van der Waals surface area (Å²) in [5, 5.41) is 9.94. The molecular formula is C6H12NO5P. The van der Waals surface area contributed by atoms with Gasteiger partial charge >= 0.3 is 7.60 Å². The molecule has 0 radical (unpaired) electrons. The molecule has 13 heavy (non-hydrogen) atoms. The zero-order valence-electron chi connectivity index (χ0n) is 7.50. The molecule has 0 aliphatic rings. The molecule has 0 saturated heterocycles. The van der Waals surface area contributed by atoms with Crippen LogP contribution in [-0.2, 0) is 13.6 Å². The Balaban J connectivity index is 4.40. The van der Waals surface area contributed by atoms with Gasteiger partial charge in [-0.1, -0.05) is 0 Å². The maximum Gasteiger partial charge on any atom is 0.360 e. The van der Waals surface area contributed by atoms with Crippen molar-refractivity contribution >= 4 is 7.60 Å². The predicted octanol–water partition coefficient (Wildman–Crippen LogP) is 2.00. The zero-order valence-corrected chi connectivity index (χ0v) is 8.40. The van der Waals surface area contributed by atoms with Crippen molar-refractivity contribution in [2.24, 2.45) is 0 Å². The largest absolute Gasteiger partial charge is 0.360 e. The lowest BCUT2D eigenvalue weighted by atomic mass is 10.9. The Bertz CT molecular complexity index is 229. The molecule has 0 fully saturated rings. The van der Waals surface area contributed by atoms with Crippen LogP contribution in [0.2, 0.25) is 0 Å². The minimum atomic E-state index is -3.40. The van der Waals surface area contributed by atoms with E-state index in [-0.39, 0.29) is 13.2 Å². The van der Waals surface area contributed by atoms with Crippen molar-refractivity contribution in [1.29, 1.82) is 0 Å². The molecule has 0 aliphatic carbocycles. The molecule has 0 rings (SSSR count). The molecule has 0 saturated carbocycles. The van der Waals surface area contributed by atoms with Gasteiger partial charge < -0.3 is 9.05 Å². The maximum atomic E-state index is 11.5. The predicted molar refractivity (Wildman–Crippen MR) is 47.0 cm³/mol. The van der Waals surface area contributed by atoms with Crippen molar-refractivity contribution in [2.45, 2.75) is 13.8 Å². The molecule has 0 N–H and O–H groups in total. The lowest BCUT2D eigenvalue weighted by molar-refractivity contribution is -0.402. The zero-order chi connectivity index (χ0) is 10.3. The van der Waals surface area contributed by atoms with E-state index >= 15 is 0 Å². The van der Waals surface area contributed by atoms with Crippen LogP contribution in [0.5, 0.6) is 0 Å². The van der Waals surface area contributed by atoms with Gasteiger partial charge in [-0.3, -0.25) is 14.7 Å². The van der Waals surface area contributed by atoms with Gasteiger partial charge in [0.05, 0.1) is 24.0 Å². The first-order valence-electron chi connectivity index (χ1n) is 3.75. The molecule has 7 heteroatoms. The maximum absolute atomic E-state index is 11.5. The van der Waals surface area contributed by atoms with Gasteiger partial charge in [0.15, 0.2) is 0 Å². The van der Waals surface area contributed by atoms with Gasteiger partial charge in [0.1, 0.15) is 0 Å². The fourth-order valence-corrected chi connectivity index (χ4v) is 1.86. The highest BCUT2D eigenvalue weighted by atomic mass is 31.2. The standard InChI is InChI=1S/C6H12NO5P/c1-3-11-13(10,12-4-2)6-5-7(8)9/h5-6H,3-4H2,1-2H3. The third-order valence-electron chi connectivity index (χ3n) is 0.989. The van der Waals surface area contributed by atoms with Gasteiger partial charge in [-0.05, 0) is 13.8 Å². The fraction of sp³-hybridized carbons (Fsp3) is 0.667. The lowest BCUT2D eigenvalue weighted by Crippen LogP contribution is -1.94. The Morgan fingerprint density at radius 2 is 1.85 bits per heavy atom. The molecule has 0 bridgehead atoms. The first-order chi connectivity index (χ1) is 6.04. The summed E-state index contributed by atoms with van der Waals surface area (Å²) in [6.07, 6.45) is 0.562. The summed E-state index contributed by atoms with van der Waals surface area (Å²) >= 11 is 0. The molecule has 0 aromatic carbocycles. The van der Waals surface area contributed by atoms with Gasteiger partial charge in [0, 0.05) is 0 Å². The first kappa shape index (κ1) is 12.3. The van der Waals surface area contributed by atoms with E-state index < -0.39 is 12.5 Å². The van der Waals surface area contributed by atoms with Crippen LogP contribution in [0.3, 0.4) is 0 Å². The highest BCUT2D eigenvalue weighted by molar-refractivity contribution is 7.57.